The van der Waals surface area contributed by atoms with Crippen LogP contribution in [-0.2, 0) is 4.74 Å². The second kappa shape index (κ2) is 4.94. The molecule has 1 heterocycles. The fourth-order valence-corrected chi connectivity index (χ4v) is 1.07. The monoisotopic (exact) mass is 168 g/mol. The van der Waals surface area contributed by atoms with Crippen LogP contribution in [0, 0.1) is 5.92 Å². The molecule has 0 aromatic heterocycles. The predicted molar refractivity (Wildman–Crippen MR) is 44.4 cm³/mol. The molecule has 0 radical (unpaired) electrons. The Kier molecular flexibility index (Phi) is 2.87. The van der Waals surface area contributed by atoms with Crippen molar-refractivity contribution in [1.29, 1.82) is 0 Å². The van der Waals surface area contributed by atoms with Gasteiger partial charge in [-0.3, -0.25) is 0 Å². The number of hydrogen-bond acceptors (Lipinski definition) is 2. The number of nitrogens with two attached hydrogens (primary N) is 1. The van der Waals surface area contributed by atoms with Gasteiger partial charge in [-0.2, -0.15) is 0 Å². The number of rotatable bonds is 1. The van der Waals surface area contributed by atoms with Crippen molar-refractivity contribution in [3.8, 4) is 0 Å². The molecule has 0 amide bonds. The first-order valence-electron chi connectivity index (χ1n) is 4.85. The summed E-state index contributed by atoms with van der Waals surface area (Å²) in [6.07, 6.45) is 1.55. The molecule has 0 aromatic carbocycles. The zero-order valence-corrected chi connectivity index (χ0v) is 6.69. The van der Waals surface area contributed by atoms with Crippen LogP contribution in [0.3, 0.4) is 0 Å². The van der Waals surface area contributed by atoms with Gasteiger partial charge in [-0.15, -0.1) is 12.4 Å². The summed E-state index contributed by atoms with van der Waals surface area (Å²) in [4.78, 5) is 0. The lowest BCUT2D eigenvalue weighted by molar-refractivity contribution is 0.0603. The molecule has 0 aliphatic carbocycles. The van der Waals surface area contributed by atoms with Gasteiger partial charge >= 0.3 is 0 Å². The Morgan fingerprint density at radius 2 is 2.20 bits per heavy atom. The van der Waals surface area contributed by atoms with Crippen molar-refractivity contribution in [2.75, 3.05) is 13.2 Å². The first-order chi connectivity index (χ1) is 5.52. The highest BCUT2D eigenvalue weighted by Crippen LogP contribution is 2.16. The van der Waals surface area contributed by atoms with Crippen LogP contribution < -0.4 is 5.73 Å². The third kappa shape index (κ3) is 2.86. The Bertz CT molecular complexity index is 147. The topological polar surface area (TPSA) is 35.2 Å². The summed E-state index contributed by atoms with van der Waals surface area (Å²) in [6, 6.07) is -0.679. The van der Waals surface area contributed by atoms with Crippen LogP contribution in [-0.4, -0.2) is 19.3 Å². The van der Waals surface area contributed by atoms with E-state index in [-0.39, 0.29) is 18.3 Å². The lowest BCUT2D eigenvalue weighted by Crippen LogP contribution is -2.31. The van der Waals surface area contributed by atoms with Crippen LogP contribution in [0.25, 0.3) is 0 Å². The maximum atomic E-state index is 7.14. The molecule has 0 unspecified atom stereocenters. The van der Waals surface area contributed by atoms with Crippen LogP contribution in [0.15, 0.2) is 0 Å². The van der Waals surface area contributed by atoms with Crippen molar-refractivity contribution >= 4 is 12.4 Å². The minimum Gasteiger partial charge on any atom is -0.381 e. The molecule has 1 atom stereocenters. The van der Waals surface area contributed by atoms with E-state index in [1.54, 1.807) is 0 Å². The van der Waals surface area contributed by atoms with Crippen LogP contribution in [0.5, 0.6) is 0 Å². The van der Waals surface area contributed by atoms with Gasteiger partial charge in [0.25, 0.3) is 0 Å². The minimum absolute atomic E-state index is 0. The molecule has 62 valence electrons. The number of halogens is 1. The fourth-order valence-electron chi connectivity index (χ4n) is 1.07. The zero-order chi connectivity index (χ0) is 9.19. The van der Waals surface area contributed by atoms with Gasteiger partial charge in [0, 0.05) is 23.4 Å². The van der Waals surface area contributed by atoms with Crippen molar-refractivity contribution in [3.05, 3.63) is 0 Å². The van der Waals surface area contributed by atoms with E-state index in [0.717, 1.165) is 12.8 Å². The Morgan fingerprint density at radius 3 is 2.70 bits per heavy atom. The molecule has 2 nitrogen and oxygen atoms in total. The van der Waals surface area contributed by atoms with Gasteiger partial charge in [0.2, 0.25) is 0 Å². The first kappa shape index (κ1) is 5.81. The summed E-state index contributed by atoms with van der Waals surface area (Å²) in [5, 5.41) is 0. The van der Waals surface area contributed by atoms with Crippen molar-refractivity contribution in [2.24, 2.45) is 11.7 Å². The Labute approximate surface area is 72.7 Å². The third-order valence-electron chi connectivity index (χ3n) is 1.77. The van der Waals surface area contributed by atoms with E-state index < -0.39 is 12.9 Å². The second-order valence-corrected chi connectivity index (χ2v) is 2.48. The van der Waals surface area contributed by atoms with E-state index in [2.05, 4.69) is 0 Å². The van der Waals surface area contributed by atoms with Crippen molar-refractivity contribution in [3.63, 3.8) is 0 Å². The van der Waals surface area contributed by atoms with Crippen molar-refractivity contribution in [2.45, 2.75) is 25.7 Å². The molecule has 1 aliphatic heterocycles. The van der Waals surface area contributed by atoms with E-state index in [4.69, 9.17) is 14.6 Å². The van der Waals surface area contributed by atoms with E-state index in [0.29, 0.717) is 13.2 Å². The molecule has 1 aliphatic rings. The first-order valence-corrected chi connectivity index (χ1v) is 3.35. The lowest BCUT2D eigenvalue weighted by atomic mass is 9.94. The molecule has 1 fully saturated rings. The largest absolute Gasteiger partial charge is 0.381 e. The maximum Gasteiger partial charge on any atom is 0.0469 e. The molecule has 3 heteroatoms. The molecular weight excluding hydrogens is 150 g/mol. The summed E-state index contributed by atoms with van der Waals surface area (Å²) >= 11 is 0. The standard InChI is InChI=1S/C7H15NO.ClH/c1-6(8)7-2-4-9-5-3-7;/h6-7H,2-5,8H2,1H3;1H/t6-;/m1./s1/i1D3;. The smallest absolute Gasteiger partial charge is 0.0469 e. The number of ether oxygens (including phenoxy) is 1. The van der Waals surface area contributed by atoms with Gasteiger partial charge in [0.15, 0.2) is 0 Å². The molecule has 1 saturated heterocycles. The van der Waals surface area contributed by atoms with Gasteiger partial charge in [-0.05, 0) is 25.6 Å². The van der Waals surface area contributed by atoms with E-state index in [1.807, 2.05) is 0 Å². The molecule has 2 N–H and O–H groups in total. The third-order valence-corrected chi connectivity index (χ3v) is 1.77. The molecular formula is C7H16ClNO. The summed E-state index contributed by atoms with van der Waals surface area (Å²) in [7, 11) is 0. The van der Waals surface area contributed by atoms with Crippen LogP contribution in [0.2, 0.25) is 0 Å². The van der Waals surface area contributed by atoms with Gasteiger partial charge in [-0.25, -0.2) is 0 Å². The van der Waals surface area contributed by atoms with Crippen LogP contribution in [0.4, 0.5) is 0 Å². The van der Waals surface area contributed by atoms with E-state index in [1.165, 1.54) is 0 Å². The summed E-state index contributed by atoms with van der Waals surface area (Å²) < 4.78 is 26.5. The van der Waals surface area contributed by atoms with Gasteiger partial charge < -0.3 is 10.5 Å². The van der Waals surface area contributed by atoms with Crippen molar-refractivity contribution in [1.82, 2.24) is 0 Å². The molecule has 0 bridgehead atoms. The summed E-state index contributed by atoms with van der Waals surface area (Å²) in [5.74, 6) is 0.103. The molecule has 0 aromatic rings. The van der Waals surface area contributed by atoms with Crippen LogP contribution in [0.1, 0.15) is 23.8 Å². The van der Waals surface area contributed by atoms with Crippen molar-refractivity contribution < 1.29 is 8.85 Å². The highest BCUT2D eigenvalue weighted by atomic mass is 35.5. The normalized spacial score (nSPS) is 29.1. The highest BCUT2D eigenvalue weighted by molar-refractivity contribution is 5.85. The fraction of sp³-hybridized carbons (Fsp3) is 1.00. The Balaban J connectivity index is 0.00000144. The summed E-state index contributed by atoms with van der Waals surface area (Å²) in [6.45, 7) is -0.717. The Hall–Kier alpha value is 0.210. The molecule has 0 saturated carbocycles. The molecule has 1 rings (SSSR count). The Morgan fingerprint density at radius 1 is 1.60 bits per heavy atom. The predicted octanol–water partition coefficient (Wildman–Crippen LogP) is 1.18. The minimum atomic E-state index is -2.01. The SMILES string of the molecule is Cl.[2H]C([2H])([2H])[C@@H](N)C1CCOCC1. The second-order valence-electron chi connectivity index (χ2n) is 2.48. The maximum absolute atomic E-state index is 7.14. The van der Waals surface area contributed by atoms with E-state index in [9.17, 15) is 0 Å². The van der Waals surface area contributed by atoms with Gasteiger partial charge in [0.1, 0.15) is 0 Å². The lowest BCUT2D eigenvalue weighted by Gasteiger charge is -2.24. The van der Waals surface area contributed by atoms with E-state index >= 15 is 0 Å². The average Bonchev–Trinajstić information content (AvgIpc) is 2.03. The molecule has 10 heavy (non-hydrogen) atoms. The van der Waals surface area contributed by atoms with Gasteiger partial charge in [-0.1, -0.05) is 0 Å². The molecule has 0 spiro atoms. The zero-order valence-electron chi connectivity index (χ0n) is 8.88. The quantitative estimate of drug-likeness (QED) is 0.639. The summed E-state index contributed by atoms with van der Waals surface area (Å²) in [5.41, 5.74) is 5.61. The van der Waals surface area contributed by atoms with Crippen LogP contribution >= 0.6 is 12.4 Å². The van der Waals surface area contributed by atoms with Gasteiger partial charge in [0.05, 0.1) is 0 Å². The number of hydrogen-bond donors (Lipinski definition) is 1. The average molecular weight is 169 g/mol. The highest BCUT2D eigenvalue weighted by Gasteiger charge is 2.16.